The second-order valence-electron chi connectivity index (χ2n) is 3.07. The summed E-state index contributed by atoms with van der Waals surface area (Å²) in [5.41, 5.74) is 0.628. The maximum Gasteiger partial charge on any atom is 0.454 e. The minimum absolute atomic E-state index is 0.151. The van der Waals surface area contributed by atoms with Crippen molar-refractivity contribution in [3.05, 3.63) is 41.4 Å². The number of ketones is 1. The van der Waals surface area contributed by atoms with Gasteiger partial charge >= 0.3 is 6.18 Å². The molecule has 17 heavy (non-hydrogen) atoms. The molecular formula is C11H10F3NOS. The van der Waals surface area contributed by atoms with E-state index in [-0.39, 0.29) is 5.03 Å². The van der Waals surface area contributed by atoms with E-state index in [2.05, 4.69) is 5.32 Å². The third-order valence-electron chi connectivity index (χ3n) is 1.80. The Morgan fingerprint density at radius 3 is 2.35 bits per heavy atom. The first-order valence-corrected chi connectivity index (χ1v) is 5.85. The van der Waals surface area contributed by atoms with Crippen LogP contribution < -0.4 is 5.32 Å². The molecule has 2 nitrogen and oxygen atoms in total. The van der Waals surface area contributed by atoms with Gasteiger partial charge in [-0.25, -0.2) is 0 Å². The van der Waals surface area contributed by atoms with Gasteiger partial charge in [0, 0.05) is 11.8 Å². The summed E-state index contributed by atoms with van der Waals surface area (Å²) < 4.78 is 36.2. The predicted octanol–water partition coefficient (Wildman–Crippen LogP) is 3.43. The quantitative estimate of drug-likeness (QED) is 0.842. The Kier molecular flexibility index (Phi) is 4.62. The zero-order valence-corrected chi connectivity index (χ0v) is 9.73. The van der Waals surface area contributed by atoms with Crippen LogP contribution in [-0.4, -0.2) is 18.2 Å². The number of hydrogen-bond acceptors (Lipinski definition) is 3. The van der Waals surface area contributed by atoms with Crippen LogP contribution in [0.3, 0.4) is 0 Å². The molecular weight excluding hydrogens is 251 g/mol. The largest absolute Gasteiger partial charge is 0.454 e. The zero-order valence-electron chi connectivity index (χ0n) is 8.91. The van der Waals surface area contributed by atoms with Crippen LogP contribution in [-0.2, 0) is 4.79 Å². The number of allylic oxidation sites excluding steroid dienone is 1. The number of thioether (sulfide) groups is 1. The predicted molar refractivity (Wildman–Crippen MR) is 62.7 cm³/mol. The number of para-hydroxylation sites is 1. The molecule has 6 heteroatoms. The molecule has 1 N–H and O–H groups in total. The second-order valence-corrected chi connectivity index (χ2v) is 3.91. The first-order valence-electron chi connectivity index (χ1n) is 4.62. The molecule has 0 spiro atoms. The fourth-order valence-corrected chi connectivity index (χ4v) is 1.46. The normalized spacial score (nSPS) is 12.4. The van der Waals surface area contributed by atoms with Gasteiger partial charge in [-0.05, 0) is 18.4 Å². The number of anilines is 1. The number of carbonyl (C=O) groups excluding carboxylic acids is 1. The summed E-state index contributed by atoms with van der Waals surface area (Å²) in [5, 5.41) is 2.89. The lowest BCUT2D eigenvalue weighted by molar-refractivity contribution is -0.165. The van der Waals surface area contributed by atoms with Gasteiger partial charge in [0.25, 0.3) is 5.78 Å². The molecule has 0 aromatic heterocycles. The van der Waals surface area contributed by atoms with E-state index in [1.165, 1.54) is 0 Å². The SMILES string of the molecule is CS/C(=C\C(=O)C(F)(F)F)Nc1ccccc1. The van der Waals surface area contributed by atoms with Gasteiger partial charge in [0.15, 0.2) is 0 Å². The van der Waals surface area contributed by atoms with Crippen molar-refractivity contribution in [2.45, 2.75) is 6.18 Å². The molecule has 0 saturated carbocycles. The number of carbonyl (C=O) groups is 1. The van der Waals surface area contributed by atoms with E-state index in [0.29, 0.717) is 11.8 Å². The molecule has 0 aliphatic carbocycles. The van der Waals surface area contributed by atoms with E-state index >= 15 is 0 Å². The Bertz CT molecular complexity index is 414. The fraction of sp³-hybridized carbons (Fsp3) is 0.182. The number of benzene rings is 1. The molecule has 0 saturated heterocycles. The summed E-state index contributed by atoms with van der Waals surface area (Å²) in [4.78, 5) is 10.8. The maximum absolute atomic E-state index is 12.1. The van der Waals surface area contributed by atoms with E-state index in [1.807, 2.05) is 0 Å². The van der Waals surface area contributed by atoms with Crippen LogP contribution in [0.2, 0.25) is 0 Å². The van der Waals surface area contributed by atoms with Crippen molar-refractivity contribution in [3.8, 4) is 0 Å². The number of nitrogens with one attached hydrogen (secondary N) is 1. The van der Waals surface area contributed by atoms with Gasteiger partial charge in [-0.3, -0.25) is 4.79 Å². The van der Waals surface area contributed by atoms with Crippen molar-refractivity contribution in [2.75, 3.05) is 11.6 Å². The highest BCUT2D eigenvalue weighted by Crippen LogP contribution is 2.21. The Morgan fingerprint density at radius 1 is 1.29 bits per heavy atom. The van der Waals surface area contributed by atoms with Crippen LogP contribution in [0.4, 0.5) is 18.9 Å². The highest BCUT2D eigenvalue weighted by Gasteiger charge is 2.36. The number of alkyl halides is 3. The molecule has 0 unspecified atom stereocenters. The van der Waals surface area contributed by atoms with E-state index in [9.17, 15) is 18.0 Å². The average Bonchev–Trinajstić information content (AvgIpc) is 2.28. The molecule has 1 aromatic rings. The first-order chi connectivity index (χ1) is 7.93. The van der Waals surface area contributed by atoms with Crippen molar-refractivity contribution in [1.82, 2.24) is 0 Å². The van der Waals surface area contributed by atoms with Gasteiger partial charge in [-0.1, -0.05) is 18.2 Å². The second kappa shape index (κ2) is 5.77. The molecule has 0 aliphatic rings. The van der Waals surface area contributed by atoms with Gasteiger partial charge in [0.05, 0.1) is 5.03 Å². The summed E-state index contributed by atoms with van der Waals surface area (Å²) in [6, 6.07) is 8.66. The van der Waals surface area contributed by atoms with Crippen LogP contribution in [0.1, 0.15) is 0 Å². The molecule has 0 aliphatic heterocycles. The van der Waals surface area contributed by atoms with E-state index in [1.54, 1.807) is 36.6 Å². The standard InChI is InChI=1S/C11H10F3NOS/c1-17-10(7-9(16)11(12,13)14)15-8-5-3-2-4-6-8/h2-7,15H,1H3/b10-7-. The van der Waals surface area contributed by atoms with Crippen molar-refractivity contribution in [3.63, 3.8) is 0 Å². The summed E-state index contributed by atoms with van der Waals surface area (Å²) in [6.45, 7) is 0. The van der Waals surface area contributed by atoms with Crippen LogP contribution in [0.25, 0.3) is 0 Å². The Morgan fingerprint density at radius 2 is 1.88 bits per heavy atom. The maximum atomic E-state index is 12.1. The van der Waals surface area contributed by atoms with Crippen molar-refractivity contribution < 1.29 is 18.0 Å². The van der Waals surface area contributed by atoms with Crippen LogP contribution >= 0.6 is 11.8 Å². The van der Waals surface area contributed by atoms with Gasteiger partial charge < -0.3 is 5.32 Å². The molecule has 1 aromatic carbocycles. The molecule has 0 heterocycles. The van der Waals surface area contributed by atoms with Crippen LogP contribution in [0.5, 0.6) is 0 Å². The molecule has 0 atom stereocenters. The number of halogens is 3. The lowest BCUT2D eigenvalue weighted by Gasteiger charge is -2.08. The number of hydrogen-bond donors (Lipinski definition) is 1. The Balaban J connectivity index is 2.79. The van der Waals surface area contributed by atoms with E-state index < -0.39 is 12.0 Å². The third-order valence-corrected chi connectivity index (χ3v) is 2.46. The van der Waals surface area contributed by atoms with Gasteiger partial charge in [-0.2, -0.15) is 13.2 Å². The fourth-order valence-electron chi connectivity index (χ4n) is 1.01. The smallest absolute Gasteiger partial charge is 0.350 e. The van der Waals surface area contributed by atoms with E-state index in [0.717, 1.165) is 11.8 Å². The summed E-state index contributed by atoms with van der Waals surface area (Å²) >= 11 is 1.04. The topological polar surface area (TPSA) is 29.1 Å². The van der Waals surface area contributed by atoms with Crippen molar-refractivity contribution in [1.29, 1.82) is 0 Å². The summed E-state index contributed by atoms with van der Waals surface area (Å²) in [6.07, 6.45) is -2.69. The van der Waals surface area contributed by atoms with Crippen LogP contribution in [0.15, 0.2) is 41.4 Å². The van der Waals surface area contributed by atoms with Crippen LogP contribution in [0, 0.1) is 0 Å². The highest BCUT2D eigenvalue weighted by molar-refractivity contribution is 8.02. The van der Waals surface area contributed by atoms with Gasteiger partial charge in [0.2, 0.25) is 0 Å². The molecule has 0 bridgehead atoms. The lowest BCUT2D eigenvalue weighted by atomic mass is 10.3. The molecule has 0 radical (unpaired) electrons. The van der Waals surface area contributed by atoms with Gasteiger partial charge in [0.1, 0.15) is 0 Å². The number of rotatable bonds is 4. The third kappa shape index (κ3) is 4.52. The van der Waals surface area contributed by atoms with Crippen molar-refractivity contribution >= 4 is 23.2 Å². The summed E-state index contributed by atoms with van der Waals surface area (Å²) in [5.74, 6) is -1.87. The first kappa shape index (κ1) is 13.6. The monoisotopic (exact) mass is 261 g/mol. The Labute approximate surface area is 101 Å². The molecule has 0 amide bonds. The average molecular weight is 261 g/mol. The minimum atomic E-state index is -4.83. The van der Waals surface area contributed by atoms with Gasteiger partial charge in [-0.15, -0.1) is 11.8 Å². The Hall–Kier alpha value is -1.43. The zero-order chi connectivity index (χ0) is 12.9. The van der Waals surface area contributed by atoms with Crippen molar-refractivity contribution in [2.24, 2.45) is 0 Å². The minimum Gasteiger partial charge on any atom is -0.350 e. The summed E-state index contributed by atoms with van der Waals surface area (Å²) in [7, 11) is 0. The molecule has 1 rings (SSSR count). The van der Waals surface area contributed by atoms with E-state index in [4.69, 9.17) is 0 Å². The highest BCUT2D eigenvalue weighted by atomic mass is 32.2. The molecule has 0 fully saturated rings. The lowest BCUT2D eigenvalue weighted by Crippen LogP contribution is -2.21. The molecule has 92 valence electrons.